The molecule has 0 saturated heterocycles. The van der Waals surface area contributed by atoms with E-state index in [2.05, 4.69) is 0 Å². The number of amides is 1. The maximum Gasteiger partial charge on any atom is 0.248 e. The monoisotopic (exact) mass is 178 g/mol. The highest BCUT2D eigenvalue weighted by molar-refractivity contribution is 5.99. The Kier molecular flexibility index (Phi) is 2.76. The summed E-state index contributed by atoms with van der Waals surface area (Å²) in [5, 5.41) is 0. The van der Waals surface area contributed by atoms with Crippen molar-refractivity contribution in [1.29, 1.82) is 0 Å². The third kappa shape index (κ3) is 2.13. The fourth-order valence-corrected chi connectivity index (χ4v) is 0.938. The molecule has 0 radical (unpaired) electrons. The number of hydrogen-bond acceptors (Lipinski definition) is 3. The van der Waals surface area contributed by atoms with Crippen LogP contribution in [0.4, 0.5) is 0 Å². The number of benzene rings is 1. The van der Waals surface area contributed by atoms with Crippen molar-refractivity contribution >= 4 is 11.7 Å². The van der Waals surface area contributed by atoms with Crippen LogP contribution in [0.25, 0.3) is 0 Å². The molecule has 0 aliphatic rings. The van der Waals surface area contributed by atoms with Crippen LogP contribution in [0, 0.1) is 0 Å². The topological polar surface area (TPSA) is 86.2 Å². The van der Waals surface area contributed by atoms with E-state index >= 15 is 0 Å². The first-order valence-electron chi connectivity index (χ1n) is 3.78. The van der Waals surface area contributed by atoms with Gasteiger partial charge in [-0.25, -0.2) is 0 Å². The van der Waals surface area contributed by atoms with Crippen LogP contribution in [-0.4, -0.2) is 18.2 Å². The van der Waals surface area contributed by atoms with E-state index in [0.717, 1.165) is 0 Å². The fraction of sp³-hybridized carbons (Fsp3) is 0.111. The summed E-state index contributed by atoms with van der Waals surface area (Å²) in [5.41, 5.74) is 11.1. The zero-order valence-corrected chi connectivity index (χ0v) is 6.99. The molecule has 0 fully saturated rings. The van der Waals surface area contributed by atoms with E-state index < -0.39 is 5.91 Å². The van der Waals surface area contributed by atoms with E-state index in [1.165, 1.54) is 24.3 Å². The van der Waals surface area contributed by atoms with Crippen LogP contribution in [0.5, 0.6) is 0 Å². The first-order valence-corrected chi connectivity index (χ1v) is 3.78. The highest BCUT2D eigenvalue weighted by Crippen LogP contribution is 2.03. The molecule has 0 aromatic heterocycles. The number of nitrogens with two attached hydrogens (primary N) is 2. The Balaban J connectivity index is 2.93. The lowest BCUT2D eigenvalue weighted by Crippen LogP contribution is -2.14. The Bertz CT molecular complexity index is 330. The lowest BCUT2D eigenvalue weighted by atomic mass is 10.1. The van der Waals surface area contributed by atoms with Gasteiger partial charge in [-0.1, -0.05) is 12.1 Å². The van der Waals surface area contributed by atoms with Crippen LogP contribution in [0.3, 0.4) is 0 Å². The molecule has 1 aromatic rings. The van der Waals surface area contributed by atoms with Gasteiger partial charge in [-0.3, -0.25) is 9.59 Å². The molecule has 1 amide bonds. The average Bonchev–Trinajstić information content (AvgIpc) is 2.17. The third-order valence-electron chi connectivity index (χ3n) is 1.68. The summed E-state index contributed by atoms with van der Waals surface area (Å²) in [4.78, 5) is 21.7. The van der Waals surface area contributed by atoms with Crippen LogP contribution >= 0.6 is 0 Å². The quantitative estimate of drug-likeness (QED) is 0.635. The summed E-state index contributed by atoms with van der Waals surface area (Å²) in [7, 11) is 0. The van der Waals surface area contributed by atoms with Crippen LogP contribution in [-0.2, 0) is 0 Å². The molecule has 0 aliphatic heterocycles. The van der Waals surface area contributed by atoms with Crippen molar-refractivity contribution in [3.63, 3.8) is 0 Å². The van der Waals surface area contributed by atoms with Gasteiger partial charge in [-0.05, 0) is 12.1 Å². The molecule has 0 heterocycles. The van der Waals surface area contributed by atoms with Gasteiger partial charge in [0.1, 0.15) is 0 Å². The zero-order valence-electron chi connectivity index (χ0n) is 6.99. The molecule has 0 atom stereocenters. The standard InChI is InChI=1S/C9H10N2O2/c10-5-8(12)6-1-3-7(4-2-6)9(11)13/h1-4H,5,10H2,(H2,11,13). The minimum absolute atomic E-state index is 0.0318. The summed E-state index contributed by atoms with van der Waals surface area (Å²) in [6.07, 6.45) is 0. The highest BCUT2D eigenvalue weighted by Gasteiger charge is 2.04. The van der Waals surface area contributed by atoms with Gasteiger partial charge in [-0.15, -0.1) is 0 Å². The van der Waals surface area contributed by atoms with Crippen molar-refractivity contribution in [2.45, 2.75) is 0 Å². The Morgan fingerprint density at radius 1 is 1.08 bits per heavy atom. The molecule has 4 N–H and O–H groups in total. The Morgan fingerprint density at radius 2 is 1.54 bits per heavy atom. The molecule has 1 rings (SSSR count). The average molecular weight is 178 g/mol. The number of Topliss-reactive ketones (excluding diaryl/α,β-unsaturated/α-hetero) is 1. The summed E-state index contributed by atoms with van der Waals surface area (Å²) >= 11 is 0. The highest BCUT2D eigenvalue weighted by atomic mass is 16.1. The van der Waals surface area contributed by atoms with Crippen molar-refractivity contribution in [2.75, 3.05) is 6.54 Å². The molecule has 4 nitrogen and oxygen atoms in total. The van der Waals surface area contributed by atoms with Gasteiger partial charge in [0.25, 0.3) is 0 Å². The SMILES string of the molecule is NCC(=O)c1ccc(C(N)=O)cc1. The van der Waals surface area contributed by atoms with Gasteiger partial charge in [-0.2, -0.15) is 0 Å². The number of hydrogen-bond donors (Lipinski definition) is 2. The second-order valence-electron chi connectivity index (χ2n) is 2.57. The second kappa shape index (κ2) is 3.82. The lowest BCUT2D eigenvalue weighted by Gasteiger charge is -1.98. The van der Waals surface area contributed by atoms with Crippen molar-refractivity contribution in [3.05, 3.63) is 35.4 Å². The van der Waals surface area contributed by atoms with E-state index in [1.807, 2.05) is 0 Å². The van der Waals surface area contributed by atoms with Gasteiger partial charge >= 0.3 is 0 Å². The minimum Gasteiger partial charge on any atom is -0.366 e. The number of ketones is 1. The number of carbonyl (C=O) groups excluding carboxylic acids is 2. The zero-order chi connectivity index (χ0) is 9.84. The molecule has 0 aliphatic carbocycles. The molecular formula is C9H10N2O2. The van der Waals surface area contributed by atoms with E-state index in [0.29, 0.717) is 11.1 Å². The second-order valence-corrected chi connectivity index (χ2v) is 2.57. The fourth-order valence-electron chi connectivity index (χ4n) is 0.938. The van der Waals surface area contributed by atoms with Gasteiger partial charge in [0.05, 0.1) is 6.54 Å². The predicted octanol–water partition coefficient (Wildman–Crippen LogP) is -0.0731. The van der Waals surface area contributed by atoms with Crippen LogP contribution < -0.4 is 11.5 Å². The van der Waals surface area contributed by atoms with E-state index in [9.17, 15) is 9.59 Å². The van der Waals surface area contributed by atoms with Crippen molar-refractivity contribution < 1.29 is 9.59 Å². The molecule has 0 saturated carbocycles. The minimum atomic E-state index is -0.508. The van der Waals surface area contributed by atoms with E-state index in [1.54, 1.807) is 0 Å². The Labute approximate surface area is 75.5 Å². The van der Waals surface area contributed by atoms with E-state index in [4.69, 9.17) is 11.5 Å². The Morgan fingerprint density at radius 3 is 1.92 bits per heavy atom. The normalized spacial score (nSPS) is 9.62. The molecule has 1 aromatic carbocycles. The summed E-state index contributed by atoms with van der Waals surface area (Å²) in [6, 6.07) is 6.08. The molecule has 4 heteroatoms. The van der Waals surface area contributed by atoms with Crippen LogP contribution in [0.1, 0.15) is 20.7 Å². The van der Waals surface area contributed by atoms with Crippen molar-refractivity contribution in [2.24, 2.45) is 11.5 Å². The molecule has 0 spiro atoms. The van der Waals surface area contributed by atoms with Crippen molar-refractivity contribution in [3.8, 4) is 0 Å². The lowest BCUT2D eigenvalue weighted by molar-refractivity contribution is 0.0989. The van der Waals surface area contributed by atoms with Crippen LogP contribution in [0.15, 0.2) is 24.3 Å². The van der Waals surface area contributed by atoms with Gasteiger partial charge in [0.2, 0.25) is 5.91 Å². The first-order chi connectivity index (χ1) is 6.15. The number of primary amides is 1. The Hall–Kier alpha value is -1.68. The van der Waals surface area contributed by atoms with Gasteiger partial charge in [0, 0.05) is 11.1 Å². The van der Waals surface area contributed by atoms with Crippen molar-refractivity contribution in [1.82, 2.24) is 0 Å². The molecule has 0 bridgehead atoms. The number of carbonyl (C=O) groups is 2. The largest absolute Gasteiger partial charge is 0.366 e. The van der Waals surface area contributed by atoms with E-state index in [-0.39, 0.29) is 12.3 Å². The van der Waals surface area contributed by atoms with Gasteiger partial charge in [0.15, 0.2) is 5.78 Å². The first kappa shape index (κ1) is 9.41. The molecule has 68 valence electrons. The van der Waals surface area contributed by atoms with Gasteiger partial charge < -0.3 is 11.5 Å². The smallest absolute Gasteiger partial charge is 0.248 e. The third-order valence-corrected chi connectivity index (χ3v) is 1.68. The maximum atomic E-state index is 11.1. The maximum absolute atomic E-state index is 11.1. The molecule has 0 unspecified atom stereocenters. The summed E-state index contributed by atoms with van der Waals surface area (Å²) in [5.74, 6) is -0.664. The number of rotatable bonds is 3. The summed E-state index contributed by atoms with van der Waals surface area (Å²) in [6.45, 7) is -0.0318. The van der Waals surface area contributed by atoms with Crippen LogP contribution in [0.2, 0.25) is 0 Å². The molecular weight excluding hydrogens is 168 g/mol. The molecule has 13 heavy (non-hydrogen) atoms. The predicted molar refractivity (Wildman–Crippen MR) is 48.3 cm³/mol. The summed E-state index contributed by atoms with van der Waals surface area (Å²) < 4.78 is 0.